The molecular formula is C24H18N4O4S2. The van der Waals surface area contributed by atoms with E-state index in [2.05, 4.69) is 15.8 Å². The molecule has 0 saturated carbocycles. The van der Waals surface area contributed by atoms with E-state index in [4.69, 9.17) is 10.00 Å². The van der Waals surface area contributed by atoms with Gasteiger partial charge in [0, 0.05) is 28.8 Å². The van der Waals surface area contributed by atoms with Crippen LogP contribution in [0.2, 0.25) is 0 Å². The number of hydrogen-bond acceptors (Lipinski definition) is 7. The highest BCUT2D eigenvalue weighted by Crippen LogP contribution is 2.42. The van der Waals surface area contributed by atoms with Crippen LogP contribution in [0.15, 0.2) is 76.0 Å². The second kappa shape index (κ2) is 8.85. The van der Waals surface area contributed by atoms with Gasteiger partial charge in [-0.15, -0.1) is 4.40 Å². The summed E-state index contributed by atoms with van der Waals surface area (Å²) in [5, 5.41) is 12.3. The highest BCUT2D eigenvalue weighted by Gasteiger charge is 2.33. The molecule has 0 radical (unpaired) electrons. The molecule has 3 aromatic carbocycles. The number of ether oxygens (including phenoxy) is 1. The van der Waals surface area contributed by atoms with E-state index in [-0.39, 0.29) is 11.7 Å². The molecule has 0 fully saturated rings. The van der Waals surface area contributed by atoms with E-state index in [0.717, 1.165) is 16.1 Å². The minimum atomic E-state index is -3.43. The molecule has 0 aliphatic carbocycles. The highest BCUT2D eigenvalue weighted by atomic mass is 32.2. The van der Waals surface area contributed by atoms with Crippen molar-refractivity contribution in [3.63, 3.8) is 0 Å². The van der Waals surface area contributed by atoms with Crippen molar-refractivity contribution in [1.29, 1.82) is 5.26 Å². The first kappa shape index (κ1) is 22.0. The first-order valence-electron chi connectivity index (χ1n) is 10.4. The number of carbonyl (C=O) groups is 1. The van der Waals surface area contributed by atoms with Crippen LogP contribution in [0.3, 0.4) is 0 Å². The Morgan fingerprint density at radius 1 is 1.15 bits per heavy atom. The lowest BCUT2D eigenvalue weighted by atomic mass is 10.1. The predicted molar refractivity (Wildman–Crippen MR) is 131 cm³/mol. The number of fused-ring (bicyclic) bond motifs is 3. The quantitative estimate of drug-likeness (QED) is 0.575. The summed E-state index contributed by atoms with van der Waals surface area (Å²) in [4.78, 5) is 15.5. The van der Waals surface area contributed by atoms with Gasteiger partial charge < -0.3 is 15.0 Å². The van der Waals surface area contributed by atoms with E-state index >= 15 is 0 Å². The third-order valence-electron chi connectivity index (χ3n) is 5.29. The molecule has 0 unspecified atom stereocenters. The van der Waals surface area contributed by atoms with Crippen molar-refractivity contribution in [2.45, 2.75) is 11.5 Å². The van der Waals surface area contributed by atoms with E-state index in [0.29, 0.717) is 40.9 Å². The van der Waals surface area contributed by atoms with Crippen molar-refractivity contribution < 1.29 is 17.9 Å². The van der Waals surface area contributed by atoms with Crippen LogP contribution in [0.4, 0.5) is 11.4 Å². The zero-order valence-corrected chi connectivity index (χ0v) is 19.4. The Kier molecular flexibility index (Phi) is 5.73. The van der Waals surface area contributed by atoms with Gasteiger partial charge in [-0.3, -0.25) is 4.79 Å². The molecule has 34 heavy (non-hydrogen) atoms. The molecule has 1 N–H and O–H groups in total. The Morgan fingerprint density at radius 2 is 2.00 bits per heavy atom. The third-order valence-corrected chi connectivity index (χ3v) is 7.59. The number of amides is 1. The molecule has 2 aliphatic heterocycles. The van der Waals surface area contributed by atoms with E-state index in [1.165, 1.54) is 11.8 Å². The van der Waals surface area contributed by atoms with Gasteiger partial charge in [-0.1, -0.05) is 18.2 Å². The van der Waals surface area contributed by atoms with Crippen LogP contribution in [-0.4, -0.2) is 31.8 Å². The van der Waals surface area contributed by atoms with Crippen LogP contribution < -0.4 is 15.0 Å². The Balaban J connectivity index is 1.27. The molecule has 170 valence electrons. The Morgan fingerprint density at radius 3 is 2.85 bits per heavy atom. The predicted octanol–water partition coefficient (Wildman–Crippen LogP) is 4.00. The molecule has 8 nitrogen and oxygen atoms in total. The first-order chi connectivity index (χ1) is 16.4. The second-order valence-corrected chi connectivity index (χ2v) is 10.4. The Labute approximate surface area is 200 Å². The summed E-state index contributed by atoms with van der Waals surface area (Å²) >= 11 is 1.25. The molecule has 1 amide bonds. The van der Waals surface area contributed by atoms with E-state index in [1.54, 1.807) is 54.6 Å². The molecule has 3 aromatic rings. The zero-order chi connectivity index (χ0) is 23.7. The monoisotopic (exact) mass is 490 g/mol. The number of anilines is 2. The van der Waals surface area contributed by atoms with Gasteiger partial charge in [0.15, 0.2) is 5.17 Å². The number of carbonyl (C=O) groups excluding carboxylic acids is 1. The van der Waals surface area contributed by atoms with E-state index in [9.17, 15) is 13.2 Å². The van der Waals surface area contributed by atoms with E-state index in [1.807, 2.05) is 17.0 Å². The Bertz CT molecular complexity index is 1480. The van der Waals surface area contributed by atoms with Crippen LogP contribution >= 0.6 is 11.8 Å². The van der Waals surface area contributed by atoms with Crippen molar-refractivity contribution in [3.05, 3.63) is 83.4 Å². The van der Waals surface area contributed by atoms with Crippen molar-refractivity contribution >= 4 is 44.2 Å². The topological polar surface area (TPSA) is 112 Å². The van der Waals surface area contributed by atoms with Crippen molar-refractivity contribution in [1.82, 2.24) is 0 Å². The molecular weight excluding hydrogens is 472 g/mol. The van der Waals surface area contributed by atoms with Crippen molar-refractivity contribution in [2.75, 3.05) is 22.5 Å². The number of sulfonamides is 1. The number of benzene rings is 3. The van der Waals surface area contributed by atoms with Gasteiger partial charge in [-0.25, -0.2) is 8.42 Å². The molecule has 10 heteroatoms. The molecule has 2 aliphatic rings. The minimum Gasteiger partial charge on any atom is -0.489 e. The minimum absolute atomic E-state index is 0.0269. The first-order valence-corrected chi connectivity index (χ1v) is 12.8. The van der Waals surface area contributed by atoms with Crippen molar-refractivity contribution in [2.24, 2.45) is 4.40 Å². The van der Waals surface area contributed by atoms with E-state index < -0.39 is 10.0 Å². The van der Waals surface area contributed by atoms with Gasteiger partial charge in [0.05, 0.1) is 23.1 Å². The summed E-state index contributed by atoms with van der Waals surface area (Å²) < 4.78 is 33.2. The number of hydrogen-bond donors (Lipinski definition) is 1. The number of rotatable bonds is 5. The zero-order valence-electron chi connectivity index (χ0n) is 17.8. The number of amidine groups is 1. The van der Waals surface area contributed by atoms with Gasteiger partial charge >= 0.3 is 0 Å². The molecule has 0 atom stereocenters. The SMILES string of the molecule is N#Cc1cccc(COc2cccc(NC(=O)c3ccc4c(c3)SC3=NS(=O)(=O)CCN34)c2)c1. The molecule has 0 saturated heterocycles. The molecule has 0 bridgehead atoms. The van der Waals surface area contributed by atoms with Crippen LogP contribution in [0, 0.1) is 11.3 Å². The van der Waals surface area contributed by atoms with Crippen molar-refractivity contribution in [3.8, 4) is 11.8 Å². The third kappa shape index (κ3) is 4.62. The average molecular weight is 491 g/mol. The Hall–Kier alpha value is -3.81. The molecule has 2 heterocycles. The lowest BCUT2D eigenvalue weighted by Crippen LogP contribution is -2.35. The second-order valence-electron chi connectivity index (χ2n) is 7.68. The number of nitrogens with zero attached hydrogens (tertiary/aromatic N) is 3. The fourth-order valence-electron chi connectivity index (χ4n) is 3.64. The summed E-state index contributed by atoms with van der Waals surface area (Å²) in [7, 11) is -3.43. The standard InChI is InChI=1S/C24H18N4O4S2/c25-14-16-3-1-4-17(11-16)15-32-20-6-2-5-19(13-20)26-23(29)18-7-8-21-22(12-18)33-24-27-34(30,31)10-9-28(21)24/h1-8,11-13H,9-10,15H2,(H,26,29). The maximum absolute atomic E-state index is 12.9. The van der Waals surface area contributed by atoms with Crippen LogP contribution in [0.5, 0.6) is 5.75 Å². The normalized spacial score (nSPS) is 15.5. The van der Waals surface area contributed by atoms with Crippen LogP contribution in [0.1, 0.15) is 21.5 Å². The maximum Gasteiger partial charge on any atom is 0.257 e. The van der Waals surface area contributed by atoms with Gasteiger partial charge in [-0.2, -0.15) is 5.26 Å². The maximum atomic E-state index is 12.9. The number of thioether (sulfide) groups is 1. The van der Waals surface area contributed by atoms with Crippen LogP contribution in [-0.2, 0) is 16.6 Å². The fourth-order valence-corrected chi connectivity index (χ4v) is 5.93. The van der Waals surface area contributed by atoms with Crippen LogP contribution in [0.25, 0.3) is 0 Å². The molecule has 5 rings (SSSR count). The molecule has 0 aromatic heterocycles. The number of nitriles is 1. The lowest BCUT2D eigenvalue weighted by molar-refractivity contribution is 0.102. The summed E-state index contributed by atoms with van der Waals surface area (Å²) in [5.41, 5.74) is 3.33. The average Bonchev–Trinajstić information content (AvgIpc) is 3.18. The largest absolute Gasteiger partial charge is 0.489 e. The molecule has 0 spiro atoms. The summed E-state index contributed by atoms with van der Waals surface area (Å²) in [6, 6.07) is 21.6. The summed E-state index contributed by atoms with van der Waals surface area (Å²) in [5.74, 6) is 0.267. The van der Waals surface area contributed by atoms with Gasteiger partial charge in [0.25, 0.3) is 15.9 Å². The van der Waals surface area contributed by atoms with Gasteiger partial charge in [0.2, 0.25) is 0 Å². The smallest absolute Gasteiger partial charge is 0.257 e. The lowest BCUT2D eigenvalue weighted by Gasteiger charge is -2.22. The number of nitrogens with one attached hydrogen (secondary N) is 1. The summed E-state index contributed by atoms with van der Waals surface area (Å²) in [6.07, 6.45) is 0. The summed E-state index contributed by atoms with van der Waals surface area (Å²) in [6.45, 7) is 0.644. The fraction of sp³-hybridized carbons (Fsp3) is 0.125. The highest BCUT2D eigenvalue weighted by molar-refractivity contribution is 8.15. The van der Waals surface area contributed by atoms with Gasteiger partial charge in [-0.05, 0) is 59.8 Å². The van der Waals surface area contributed by atoms with Gasteiger partial charge in [0.1, 0.15) is 12.4 Å².